The van der Waals surface area contributed by atoms with Crippen LogP contribution in [0.1, 0.15) is 37.3 Å². The van der Waals surface area contributed by atoms with Gasteiger partial charge in [0.2, 0.25) is 5.91 Å². The maximum Gasteiger partial charge on any atom is 0.241 e. The summed E-state index contributed by atoms with van der Waals surface area (Å²) in [6.07, 6.45) is 4.33. The highest BCUT2D eigenvalue weighted by molar-refractivity contribution is 5.83. The lowest BCUT2D eigenvalue weighted by Crippen LogP contribution is -2.47. The molecule has 2 N–H and O–H groups in total. The van der Waals surface area contributed by atoms with Gasteiger partial charge in [-0.05, 0) is 43.4 Å². The summed E-state index contributed by atoms with van der Waals surface area (Å²) in [6.45, 7) is 2.04. The minimum absolute atomic E-state index is 0.115. The largest absolute Gasteiger partial charge is 0.371 e. The highest BCUT2D eigenvalue weighted by Gasteiger charge is 2.30. The van der Waals surface area contributed by atoms with Crippen LogP contribution in [0, 0.1) is 0 Å². The van der Waals surface area contributed by atoms with E-state index in [2.05, 4.69) is 45.9 Å². The molecule has 0 bridgehead atoms. The molecule has 1 amide bonds. The zero-order chi connectivity index (χ0) is 17.8. The predicted molar refractivity (Wildman–Crippen MR) is 105 cm³/mol. The summed E-state index contributed by atoms with van der Waals surface area (Å²) in [5.74, 6) is 0.115. The lowest BCUT2D eigenvalue weighted by atomic mass is 9.99. The van der Waals surface area contributed by atoms with Gasteiger partial charge in [-0.2, -0.15) is 0 Å². The van der Waals surface area contributed by atoms with E-state index in [1.807, 2.05) is 30.3 Å². The molecule has 0 unspecified atom stereocenters. The minimum Gasteiger partial charge on any atom is -0.371 e. The van der Waals surface area contributed by atoms with E-state index in [4.69, 9.17) is 0 Å². The third kappa shape index (κ3) is 4.25. The highest BCUT2D eigenvalue weighted by atomic mass is 16.2. The second-order valence-corrected chi connectivity index (χ2v) is 7.39. The van der Waals surface area contributed by atoms with E-state index in [9.17, 15) is 4.79 Å². The number of nitrogens with zero attached hydrogens (tertiary/aromatic N) is 1. The standard InChI is InChI=1S/C22H27N3O/c26-22(24-18-11-12-18)21(17-7-3-1-4-8-17)23-19-13-15-25(16-14-19)20-9-5-2-6-10-20/h1-10,18-19,21,23H,11-16H2,(H,24,26)/t21-/m1/s1. The molecule has 26 heavy (non-hydrogen) atoms. The van der Waals surface area contributed by atoms with Crippen LogP contribution in [0.4, 0.5) is 5.69 Å². The van der Waals surface area contributed by atoms with E-state index in [1.165, 1.54) is 5.69 Å². The van der Waals surface area contributed by atoms with Crippen LogP contribution in [0.15, 0.2) is 60.7 Å². The topological polar surface area (TPSA) is 44.4 Å². The number of hydrogen-bond acceptors (Lipinski definition) is 3. The van der Waals surface area contributed by atoms with Crippen LogP contribution in [0.2, 0.25) is 0 Å². The fraction of sp³-hybridized carbons (Fsp3) is 0.409. The zero-order valence-electron chi connectivity index (χ0n) is 15.1. The fourth-order valence-corrected chi connectivity index (χ4v) is 3.66. The number of benzene rings is 2. The molecule has 2 aliphatic rings. The number of carbonyl (C=O) groups excluding carboxylic acids is 1. The Labute approximate surface area is 155 Å². The van der Waals surface area contributed by atoms with Gasteiger partial charge in [0.05, 0.1) is 0 Å². The van der Waals surface area contributed by atoms with Crippen LogP contribution < -0.4 is 15.5 Å². The third-order valence-corrected chi connectivity index (χ3v) is 5.34. The number of amides is 1. The molecule has 0 radical (unpaired) electrons. The number of nitrogens with one attached hydrogen (secondary N) is 2. The first kappa shape index (κ1) is 17.1. The first-order valence-corrected chi connectivity index (χ1v) is 9.71. The maximum atomic E-state index is 12.8. The van der Waals surface area contributed by atoms with Gasteiger partial charge in [-0.1, -0.05) is 48.5 Å². The molecule has 1 saturated heterocycles. The molecule has 1 atom stereocenters. The molecule has 1 aliphatic heterocycles. The van der Waals surface area contributed by atoms with E-state index in [0.29, 0.717) is 12.1 Å². The van der Waals surface area contributed by atoms with Gasteiger partial charge in [0.25, 0.3) is 0 Å². The Bertz CT molecular complexity index is 707. The Morgan fingerprint density at radius 3 is 2.08 bits per heavy atom. The van der Waals surface area contributed by atoms with Crippen LogP contribution in [0.5, 0.6) is 0 Å². The van der Waals surface area contributed by atoms with Crippen molar-refractivity contribution < 1.29 is 4.79 Å². The van der Waals surface area contributed by atoms with Crippen molar-refractivity contribution in [2.24, 2.45) is 0 Å². The zero-order valence-corrected chi connectivity index (χ0v) is 15.1. The third-order valence-electron chi connectivity index (χ3n) is 5.34. The second kappa shape index (κ2) is 7.92. The Balaban J connectivity index is 1.39. The van der Waals surface area contributed by atoms with Crippen LogP contribution in [0.25, 0.3) is 0 Å². The molecule has 2 fully saturated rings. The number of carbonyl (C=O) groups is 1. The highest BCUT2D eigenvalue weighted by Crippen LogP contribution is 2.24. The number of anilines is 1. The van der Waals surface area contributed by atoms with Gasteiger partial charge in [-0.3, -0.25) is 10.1 Å². The van der Waals surface area contributed by atoms with Crippen LogP contribution in [0.3, 0.4) is 0 Å². The van der Waals surface area contributed by atoms with Crippen molar-refractivity contribution in [1.82, 2.24) is 10.6 Å². The minimum atomic E-state index is -0.259. The van der Waals surface area contributed by atoms with Crippen LogP contribution in [-0.2, 0) is 4.79 Å². The van der Waals surface area contributed by atoms with Crippen molar-refractivity contribution in [3.8, 4) is 0 Å². The van der Waals surface area contributed by atoms with E-state index in [0.717, 1.165) is 44.3 Å². The molecule has 4 rings (SSSR count). The molecule has 4 nitrogen and oxygen atoms in total. The van der Waals surface area contributed by atoms with E-state index in [-0.39, 0.29) is 11.9 Å². The average Bonchev–Trinajstić information content (AvgIpc) is 3.52. The number of hydrogen-bond donors (Lipinski definition) is 2. The Morgan fingerprint density at radius 2 is 1.46 bits per heavy atom. The molecule has 2 aromatic carbocycles. The molecule has 4 heteroatoms. The SMILES string of the molecule is O=C(NC1CC1)[C@H](NC1CCN(c2ccccc2)CC1)c1ccccc1. The van der Waals surface area contributed by atoms with Crippen molar-refractivity contribution in [2.75, 3.05) is 18.0 Å². The number of para-hydroxylation sites is 1. The van der Waals surface area contributed by atoms with Crippen LogP contribution >= 0.6 is 0 Å². The summed E-state index contributed by atoms with van der Waals surface area (Å²) in [5.41, 5.74) is 2.34. The molecule has 1 aliphatic carbocycles. The summed E-state index contributed by atoms with van der Waals surface area (Å²) in [6, 6.07) is 21.2. The summed E-state index contributed by atoms with van der Waals surface area (Å²) in [5, 5.41) is 6.80. The van der Waals surface area contributed by atoms with Gasteiger partial charge in [-0.25, -0.2) is 0 Å². The molecular formula is C22H27N3O. The van der Waals surface area contributed by atoms with Gasteiger partial charge in [0, 0.05) is 30.9 Å². The normalized spacial score (nSPS) is 19.2. The predicted octanol–water partition coefficient (Wildman–Crippen LogP) is 3.26. The molecular weight excluding hydrogens is 322 g/mol. The Hall–Kier alpha value is -2.33. The van der Waals surface area contributed by atoms with Crippen molar-refractivity contribution >= 4 is 11.6 Å². The smallest absolute Gasteiger partial charge is 0.241 e. The first-order chi connectivity index (χ1) is 12.8. The monoisotopic (exact) mass is 349 g/mol. The average molecular weight is 349 g/mol. The van der Waals surface area contributed by atoms with Crippen molar-refractivity contribution in [2.45, 2.75) is 43.8 Å². The molecule has 2 aromatic rings. The molecule has 1 saturated carbocycles. The lowest BCUT2D eigenvalue weighted by Gasteiger charge is -2.35. The summed E-state index contributed by atoms with van der Waals surface area (Å²) >= 11 is 0. The number of rotatable bonds is 6. The van der Waals surface area contributed by atoms with Crippen molar-refractivity contribution in [1.29, 1.82) is 0 Å². The summed E-state index contributed by atoms with van der Waals surface area (Å²) in [4.78, 5) is 15.2. The Morgan fingerprint density at radius 1 is 0.846 bits per heavy atom. The first-order valence-electron chi connectivity index (χ1n) is 9.71. The van der Waals surface area contributed by atoms with E-state index in [1.54, 1.807) is 0 Å². The maximum absolute atomic E-state index is 12.8. The fourth-order valence-electron chi connectivity index (χ4n) is 3.66. The Kier molecular flexibility index (Phi) is 5.21. The molecule has 0 aromatic heterocycles. The lowest BCUT2D eigenvalue weighted by molar-refractivity contribution is -0.123. The summed E-state index contributed by atoms with van der Waals surface area (Å²) < 4.78 is 0. The molecule has 1 heterocycles. The molecule has 136 valence electrons. The van der Waals surface area contributed by atoms with Gasteiger partial charge >= 0.3 is 0 Å². The van der Waals surface area contributed by atoms with Crippen molar-refractivity contribution in [3.63, 3.8) is 0 Å². The summed E-state index contributed by atoms with van der Waals surface area (Å²) in [7, 11) is 0. The van der Waals surface area contributed by atoms with Crippen molar-refractivity contribution in [3.05, 3.63) is 66.2 Å². The van der Waals surface area contributed by atoms with Gasteiger partial charge < -0.3 is 10.2 Å². The van der Waals surface area contributed by atoms with Crippen LogP contribution in [-0.4, -0.2) is 31.1 Å². The van der Waals surface area contributed by atoms with Gasteiger partial charge in [-0.15, -0.1) is 0 Å². The van der Waals surface area contributed by atoms with Gasteiger partial charge in [0.1, 0.15) is 6.04 Å². The quantitative estimate of drug-likeness (QED) is 0.841. The van der Waals surface area contributed by atoms with E-state index < -0.39 is 0 Å². The number of piperidine rings is 1. The van der Waals surface area contributed by atoms with E-state index >= 15 is 0 Å². The van der Waals surface area contributed by atoms with Gasteiger partial charge in [0.15, 0.2) is 0 Å². The second-order valence-electron chi connectivity index (χ2n) is 7.39. The molecule has 0 spiro atoms.